The van der Waals surface area contributed by atoms with Crippen LogP contribution in [0, 0.1) is 12.3 Å². The van der Waals surface area contributed by atoms with Crippen molar-refractivity contribution in [1.82, 2.24) is 0 Å². The summed E-state index contributed by atoms with van der Waals surface area (Å²) >= 11 is 0. The van der Waals surface area contributed by atoms with Crippen LogP contribution >= 0.6 is 0 Å². The van der Waals surface area contributed by atoms with Crippen LogP contribution in [-0.2, 0) is 0 Å². The number of benzene rings is 1. The van der Waals surface area contributed by atoms with Crippen molar-refractivity contribution in [3.63, 3.8) is 0 Å². The molecule has 52 valence electrons. The molecule has 3 heteroatoms. The fourth-order valence-electron chi connectivity index (χ4n) is 0.731. The molecule has 1 rings (SSSR count). The van der Waals surface area contributed by atoms with Gasteiger partial charge in [-0.25, -0.2) is 0 Å². The first-order valence-corrected chi connectivity index (χ1v) is 2.99. The maximum Gasteiger partial charge on any atom is 0.0531 e. The van der Waals surface area contributed by atoms with Gasteiger partial charge in [0, 0.05) is 10.5 Å². The highest BCUT2D eigenvalue weighted by atomic mass is 15.1. The van der Waals surface area contributed by atoms with E-state index in [0.29, 0.717) is 11.3 Å². The van der Waals surface area contributed by atoms with Crippen molar-refractivity contribution in [2.24, 2.45) is 5.11 Å². The van der Waals surface area contributed by atoms with Crippen LogP contribution in [0.5, 0.6) is 0 Å². The van der Waals surface area contributed by atoms with Gasteiger partial charge in [-0.05, 0) is 11.6 Å². The Morgan fingerprint density at radius 3 is 2.82 bits per heavy atom. The Morgan fingerprint density at radius 2 is 2.18 bits per heavy atom. The van der Waals surface area contributed by atoms with Crippen molar-refractivity contribution in [2.45, 2.75) is 0 Å². The van der Waals surface area contributed by atoms with E-state index in [2.05, 4.69) is 15.9 Å². The topological polar surface area (TPSA) is 48.8 Å². The highest BCUT2D eigenvalue weighted by Crippen LogP contribution is 2.16. The number of hydrogen-bond acceptors (Lipinski definition) is 1. The van der Waals surface area contributed by atoms with E-state index in [9.17, 15) is 0 Å². The van der Waals surface area contributed by atoms with Gasteiger partial charge in [-0.15, -0.1) is 6.42 Å². The standard InChI is InChI=1S/C8H5N3/c1-2-7-5-3-4-6-8(7)10-11-9/h1,3-6H. The second kappa shape index (κ2) is 3.31. The maximum atomic E-state index is 8.13. The van der Waals surface area contributed by atoms with Gasteiger partial charge >= 0.3 is 0 Å². The van der Waals surface area contributed by atoms with Crippen molar-refractivity contribution in [2.75, 3.05) is 0 Å². The van der Waals surface area contributed by atoms with E-state index in [1.54, 1.807) is 24.3 Å². The van der Waals surface area contributed by atoms with E-state index < -0.39 is 0 Å². The number of nitrogens with zero attached hydrogens (tertiary/aromatic N) is 3. The summed E-state index contributed by atoms with van der Waals surface area (Å²) in [5.41, 5.74) is 9.24. The third-order valence-corrected chi connectivity index (χ3v) is 1.21. The smallest absolute Gasteiger partial charge is 0.0531 e. The molecule has 1 aromatic carbocycles. The van der Waals surface area contributed by atoms with Gasteiger partial charge in [0.25, 0.3) is 0 Å². The van der Waals surface area contributed by atoms with Crippen molar-refractivity contribution in [1.29, 1.82) is 0 Å². The molecule has 0 aliphatic rings. The number of azide groups is 1. The Kier molecular flexibility index (Phi) is 2.16. The molecule has 0 bridgehead atoms. The van der Waals surface area contributed by atoms with E-state index >= 15 is 0 Å². The Hall–Kier alpha value is -1.91. The molecule has 0 aromatic heterocycles. The average molecular weight is 143 g/mol. The van der Waals surface area contributed by atoms with Crippen molar-refractivity contribution in [3.05, 3.63) is 40.3 Å². The molecule has 0 spiro atoms. The third kappa shape index (κ3) is 1.51. The number of rotatable bonds is 1. The summed E-state index contributed by atoms with van der Waals surface area (Å²) in [4.78, 5) is 2.64. The summed E-state index contributed by atoms with van der Waals surface area (Å²) in [6.07, 6.45) is 5.15. The van der Waals surface area contributed by atoms with Crippen LogP contribution in [0.25, 0.3) is 10.4 Å². The molecule has 0 amide bonds. The third-order valence-electron chi connectivity index (χ3n) is 1.21. The number of terminal acetylenes is 1. The summed E-state index contributed by atoms with van der Waals surface area (Å²) in [5, 5.41) is 3.42. The summed E-state index contributed by atoms with van der Waals surface area (Å²) in [7, 11) is 0. The van der Waals surface area contributed by atoms with Gasteiger partial charge in [-0.1, -0.05) is 29.2 Å². The Balaban J connectivity index is 3.25. The van der Waals surface area contributed by atoms with Gasteiger partial charge in [0.15, 0.2) is 0 Å². The van der Waals surface area contributed by atoms with Gasteiger partial charge in [-0.2, -0.15) is 0 Å². The Morgan fingerprint density at radius 1 is 1.45 bits per heavy atom. The zero-order valence-corrected chi connectivity index (χ0v) is 5.73. The molecule has 0 fully saturated rings. The van der Waals surface area contributed by atoms with Crippen molar-refractivity contribution >= 4 is 5.69 Å². The summed E-state index contributed by atoms with van der Waals surface area (Å²) in [6.45, 7) is 0. The average Bonchev–Trinajstić information content (AvgIpc) is 2.06. The zero-order chi connectivity index (χ0) is 8.10. The van der Waals surface area contributed by atoms with E-state index in [1.165, 1.54) is 0 Å². The fourth-order valence-corrected chi connectivity index (χ4v) is 0.731. The summed E-state index contributed by atoms with van der Waals surface area (Å²) in [6, 6.07) is 6.97. The van der Waals surface area contributed by atoms with E-state index in [-0.39, 0.29) is 0 Å². The molecular formula is C8H5N3. The Bertz CT molecular complexity index is 343. The van der Waals surface area contributed by atoms with Crippen molar-refractivity contribution < 1.29 is 0 Å². The highest BCUT2D eigenvalue weighted by Gasteiger charge is 1.92. The lowest BCUT2D eigenvalue weighted by Crippen LogP contribution is -1.71. The molecule has 0 N–H and O–H groups in total. The monoisotopic (exact) mass is 143 g/mol. The second-order valence-electron chi connectivity index (χ2n) is 1.85. The molecule has 0 aliphatic carbocycles. The number of hydrogen-bond donors (Lipinski definition) is 0. The van der Waals surface area contributed by atoms with E-state index in [4.69, 9.17) is 12.0 Å². The molecule has 0 aliphatic heterocycles. The molecule has 0 radical (unpaired) electrons. The maximum absolute atomic E-state index is 8.13. The van der Waals surface area contributed by atoms with Crippen LogP contribution in [0.3, 0.4) is 0 Å². The molecule has 3 nitrogen and oxygen atoms in total. The minimum absolute atomic E-state index is 0.498. The highest BCUT2D eigenvalue weighted by molar-refractivity contribution is 5.53. The quantitative estimate of drug-likeness (QED) is 0.251. The van der Waals surface area contributed by atoms with Gasteiger partial charge in [0.2, 0.25) is 0 Å². The first-order valence-electron chi connectivity index (χ1n) is 2.99. The molecule has 1 aromatic rings. The summed E-state index contributed by atoms with van der Waals surface area (Å²) < 4.78 is 0. The lowest BCUT2D eigenvalue weighted by molar-refractivity contribution is 1.45. The molecule has 0 heterocycles. The first-order chi connectivity index (χ1) is 5.38. The largest absolute Gasteiger partial charge is 0.115 e. The predicted octanol–water partition coefficient (Wildman–Crippen LogP) is 2.61. The SMILES string of the molecule is C#Cc1ccccc1N=[N+]=[N-]. The molecule has 0 saturated carbocycles. The van der Waals surface area contributed by atoms with Crippen LogP contribution in [0.1, 0.15) is 5.56 Å². The van der Waals surface area contributed by atoms with E-state index in [0.717, 1.165) is 0 Å². The lowest BCUT2D eigenvalue weighted by Gasteiger charge is -1.93. The predicted molar refractivity (Wildman–Crippen MR) is 43.2 cm³/mol. The van der Waals surface area contributed by atoms with Crippen LogP contribution < -0.4 is 0 Å². The molecule has 0 unspecified atom stereocenters. The minimum Gasteiger partial charge on any atom is -0.115 e. The van der Waals surface area contributed by atoms with Gasteiger partial charge < -0.3 is 0 Å². The normalized spacial score (nSPS) is 7.91. The Labute approximate surface area is 64.3 Å². The van der Waals surface area contributed by atoms with Gasteiger partial charge in [0.05, 0.1) is 5.69 Å². The van der Waals surface area contributed by atoms with Crippen molar-refractivity contribution in [3.8, 4) is 12.3 Å². The van der Waals surface area contributed by atoms with Crippen LogP contribution in [-0.4, -0.2) is 0 Å². The minimum atomic E-state index is 0.498. The van der Waals surface area contributed by atoms with Gasteiger partial charge in [-0.3, -0.25) is 0 Å². The zero-order valence-electron chi connectivity index (χ0n) is 5.73. The molecular weight excluding hydrogens is 138 g/mol. The van der Waals surface area contributed by atoms with Crippen LogP contribution in [0.15, 0.2) is 29.4 Å². The molecule has 0 atom stereocenters. The lowest BCUT2D eigenvalue weighted by atomic mass is 10.2. The van der Waals surface area contributed by atoms with Crippen LogP contribution in [0.4, 0.5) is 5.69 Å². The first kappa shape index (κ1) is 7.20. The van der Waals surface area contributed by atoms with Gasteiger partial charge in [0.1, 0.15) is 0 Å². The molecule has 0 saturated heterocycles. The summed E-state index contributed by atoms with van der Waals surface area (Å²) in [5.74, 6) is 2.42. The van der Waals surface area contributed by atoms with Crippen LogP contribution in [0.2, 0.25) is 0 Å². The fraction of sp³-hybridized carbons (Fsp3) is 0. The van der Waals surface area contributed by atoms with E-state index in [1.807, 2.05) is 0 Å². The second-order valence-corrected chi connectivity index (χ2v) is 1.85. The molecule has 11 heavy (non-hydrogen) atoms.